The standard InChI is InChI=1S/C26H37F4N3O6S2/c27-25(28,21(34)31-13-23-7-15-1-16(8-23)3-17(2-15)9-23)40(36,37)33-41(38,39)26(29,30)22(35)32-14-24-10-18-4-19(11-24)6-20(5-18)12-24/h15-20,33H,1-14H2,(H,31,34)(H,32,35). The highest BCUT2D eigenvalue weighted by molar-refractivity contribution is 8.06. The third-order valence-corrected chi connectivity index (χ3v) is 14.5. The van der Waals surface area contributed by atoms with Crippen molar-refractivity contribution in [3.05, 3.63) is 0 Å². The number of nitrogens with one attached hydrogen (secondary N) is 3. The summed E-state index contributed by atoms with van der Waals surface area (Å²) in [6, 6.07) is 0. The summed E-state index contributed by atoms with van der Waals surface area (Å²) in [5.74, 6) is -2.07. The summed E-state index contributed by atoms with van der Waals surface area (Å²) in [6.45, 7) is -0.424. The molecule has 0 unspecified atom stereocenters. The molecular weight excluding hydrogens is 590 g/mol. The first-order chi connectivity index (χ1) is 18.9. The summed E-state index contributed by atoms with van der Waals surface area (Å²) in [7, 11) is -13.0. The molecule has 0 spiro atoms. The van der Waals surface area contributed by atoms with Gasteiger partial charge in [0.15, 0.2) is 0 Å². The molecule has 232 valence electrons. The molecule has 0 saturated heterocycles. The van der Waals surface area contributed by atoms with E-state index < -0.39 is 53.2 Å². The molecule has 8 rings (SSSR count). The molecule has 8 fully saturated rings. The third kappa shape index (κ3) is 5.08. The van der Waals surface area contributed by atoms with E-state index >= 15 is 0 Å². The fourth-order valence-electron chi connectivity index (χ4n) is 10.2. The zero-order valence-electron chi connectivity index (χ0n) is 22.6. The Labute approximate surface area is 237 Å². The zero-order chi connectivity index (χ0) is 29.6. The van der Waals surface area contributed by atoms with Crippen molar-refractivity contribution >= 4 is 31.9 Å². The Hall–Kier alpha value is -1.48. The first-order valence-electron chi connectivity index (χ1n) is 14.5. The third-order valence-electron chi connectivity index (χ3n) is 11.0. The summed E-state index contributed by atoms with van der Waals surface area (Å²) in [4.78, 5) is 24.7. The summed E-state index contributed by atoms with van der Waals surface area (Å²) in [5.41, 5.74) is -0.878. The SMILES string of the molecule is O=C(NCC12CC3CC(CC(C3)C1)C2)C(F)(F)S(=O)(=O)NS(=O)(=O)C(F)(F)C(=O)NCC12CC3CC(CC(C3)C1)C2. The fraction of sp³-hybridized carbons (Fsp3) is 0.923. The molecule has 0 aromatic carbocycles. The Morgan fingerprint density at radius 1 is 0.561 bits per heavy atom. The van der Waals surface area contributed by atoms with Crippen LogP contribution in [0, 0.1) is 46.3 Å². The minimum Gasteiger partial charge on any atom is -0.349 e. The van der Waals surface area contributed by atoms with Crippen LogP contribution in [0.25, 0.3) is 0 Å². The molecule has 41 heavy (non-hydrogen) atoms. The summed E-state index contributed by atoms with van der Waals surface area (Å²) >= 11 is 0. The lowest BCUT2D eigenvalue weighted by atomic mass is 9.49. The molecule has 0 atom stereocenters. The van der Waals surface area contributed by atoms with Crippen LogP contribution in [0.5, 0.6) is 0 Å². The van der Waals surface area contributed by atoms with Gasteiger partial charge in [-0.05, 0) is 123 Å². The number of amides is 2. The Morgan fingerprint density at radius 3 is 1.05 bits per heavy atom. The maximum atomic E-state index is 14.8. The normalized spacial score (nSPS) is 39.6. The highest BCUT2D eigenvalue weighted by Crippen LogP contribution is 2.60. The Bertz CT molecular complexity index is 1170. The smallest absolute Gasteiger partial charge is 0.349 e. The van der Waals surface area contributed by atoms with Gasteiger partial charge in [-0.1, -0.05) is 4.13 Å². The average molecular weight is 628 g/mol. The van der Waals surface area contributed by atoms with Gasteiger partial charge >= 0.3 is 42.4 Å². The van der Waals surface area contributed by atoms with E-state index in [4.69, 9.17) is 0 Å². The molecule has 0 aliphatic heterocycles. The molecule has 3 N–H and O–H groups in total. The van der Waals surface area contributed by atoms with Crippen LogP contribution in [-0.2, 0) is 29.6 Å². The topological polar surface area (TPSA) is 139 Å². The van der Waals surface area contributed by atoms with Crippen LogP contribution in [0.2, 0.25) is 0 Å². The van der Waals surface area contributed by atoms with E-state index in [0.717, 1.165) is 77.0 Å². The molecule has 8 aliphatic rings. The lowest BCUT2D eigenvalue weighted by molar-refractivity contribution is -0.137. The predicted molar refractivity (Wildman–Crippen MR) is 138 cm³/mol. The second kappa shape index (κ2) is 9.51. The predicted octanol–water partition coefficient (Wildman–Crippen LogP) is 3.09. The van der Waals surface area contributed by atoms with Gasteiger partial charge in [0.1, 0.15) is 0 Å². The van der Waals surface area contributed by atoms with E-state index in [0.29, 0.717) is 35.5 Å². The van der Waals surface area contributed by atoms with E-state index in [1.54, 1.807) is 0 Å². The minimum absolute atomic E-state index is 0.212. The summed E-state index contributed by atoms with van der Waals surface area (Å²) in [5, 5.41) is -6.87. The molecule has 0 aromatic rings. The van der Waals surface area contributed by atoms with Crippen LogP contribution >= 0.6 is 0 Å². The monoisotopic (exact) mass is 627 g/mol. The Morgan fingerprint density at radius 2 is 0.805 bits per heavy atom. The number of hydrogen-bond donors (Lipinski definition) is 3. The van der Waals surface area contributed by atoms with Crippen molar-refractivity contribution in [3.63, 3.8) is 0 Å². The number of hydrogen-bond acceptors (Lipinski definition) is 6. The van der Waals surface area contributed by atoms with Crippen LogP contribution in [-0.4, -0.2) is 52.2 Å². The average Bonchev–Trinajstić information content (AvgIpc) is 2.83. The van der Waals surface area contributed by atoms with Crippen LogP contribution in [0.4, 0.5) is 17.6 Å². The van der Waals surface area contributed by atoms with Crippen molar-refractivity contribution in [1.82, 2.24) is 14.8 Å². The van der Waals surface area contributed by atoms with E-state index in [1.165, 1.54) is 0 Å². The molecule has 0 heterocycles. The second-order valence-corrected chi connectivity index (χ2v) is 18.0. The van der Waals surface area contributed by atoms with Gasteiger partial charge in [0, 0.05) is 13.1 Å². The van der Waals surface area contributed by atoms with Crippen LogP contribution in [0.15, 0.2) is 0 Å². The van der Waals surface area contributed by atoms with Crippen LogP contribution in [0.1, 0.15) is 77.0 Å². The van der Waals surface area contributed by atoms with Crippen molar-refractivity contribution in [2.75, 3.05) is 13.1 Å². The van der Waals surface area contributed by atoms with Crippen molar-refractivity contribution in [1.29, 1.82) is 0 Å². The molecule has 2 amide bonds. The number of sulfonamides is 2. The van der Waals surface area contributed by atoms with Crippen molar-refractivity contribution in [3.8, 4) is 0 Å². The lowest BCUT2D eigenvalue weighted by Crippen LogP contribution is -2.59. The highest BCUT2D eigenvalue weighted by atomic mass is 32.3. The zero-order valence-corrected chi connectivity index (χ0v) is 24.3. The Kier molecular flexibility index (Phi) is 6.86. The van der Waals surface area contributed by atoms with Gasteiger partial charge < -0.3 is 10.6 Å². The van der Waals surface area contributed by atoms with E-state index in [2.05, 4.69) is 0 Å². The molecule has 15 heteroatoms. The molecule has 8 saturated carbocycles. The maximum Gasteiger partial charge on any atom is 0.436 e. The lowest BCUT2D eigenvalue weighted by Gasteiger charge is -2.56. The van der Waals surface area contributed by atoms with Gasteiger partial charge in [-0.3, -0.25) is 9.59 Å². The molecule has 0 radical (unpaired) electrons. The quantitative estimate of drug-likeness (QED) is 0.319. The van der Waals surface area contributed by atoms with Crippen molar-refractivity contribution < 1.29 is 44.0 Å². The first-order valence-corrected chi connectivity index (χ1v) is 17.5. The molecular formula is C26H37F4N3O6S2. The van der Waals surface area contributed by atoms with Gasteiger partial charge in [-0.2, -0.15) is 17.6 Å². The van der Waals surface area contributed by atoms with Gasteiger partial charge in [0.2, 0.25) is 0 Å². The van der Waals surface area contributed by atoms with Gasteiger partial charge in [-0.25, -0.2) is 16.8 Å². The number of carbonyl (C=O) groups excluding carboxylic acids is 2. The van der Waals surface area contributed by atoms with Gasteiger partial charge in [-0.15, -0.1) is 0 Å². The maximum absolute atomic E-state index is 14.8. The van der Waals surface area contributed by atoms with E-state index in [9.17, 15) is 44.0 Å². The largest absolute Gasteiger partial charge is 0.436 e. The summed E-state index contributed by atoms with van der Waals surface area (Å²) < 4.78 is 109. The van der Waals surface area contributed by atoms with E-state index in [-0.39, 0.29) is 17.2 Å². The van der Waals surface area contributed by atoms with Crippen molar-refractivity contribution in [2.45, 2.75) is 87.6 Å². The second-order valence-electron chi connectivity index (χ2n) is 14.3. The molecule has 0 aromatic heterocycles. The molecule has 9 nitrogen and oxygen atoms in total. The van der Waals surface area contributed by atoms with Gasteiger partial charge in [0.05, 0.1) is 0 Å². The first kappa shape index (κ1) is 29.6. The number of alkyl halides is 4. The van der Waals surface area contributed by atoms with Crippen LogP contribution < -0.4 is 14.8 Å². The number of rotatable bonds is 10. The van der Waals surface area contributed by atoms with E-state index in [1.807, 2.05) is 10.6 Å². The summed E-state index contributed by atoms with van der Waals surface area (Å²) in [6.07, 6.45) is 10.6. The highest BCUT2D eigenvalue weighted by Gasteiger charge is 2.62. The minimum atomic E-state index is -6.51. The molecule has 8 aliphatic carbocycles. The van der Waals surface area contributed by atoms with Gasteiger partial charge in [0.25, 0.3) is 0 Å². The number of carbonyl (C=O) groups is 2. The fourth-order valence-corrected chi connectivity index (χ4v) is 12.9. The van der Waals surface area contributed by atoms with Crippen molar-refractivity contribution in [2.24, 2.45) is 46.3 Å². The molecule has 8 bridgehead atoms. The van der Waals surface area contributed by atoms with Crippen LogP contribution in [0.3, 0.4) is 0 Å². The number of halogens is 4. The Balaban J connectivity index is 1.08.